The van der Waals surface area contributed by atoms with Crippen molar-refractivity contribution in [2.24, 2.45) is 0 Å². The van der Waals surface area contributed by atoms with Gasteiger partial charge in [-0.2, -0.15) is 0 Å². The largest absolute Gasteiger partial charge is 0.299 e. The van der Waals surface area contributed by atoms with Crippen LogP contribution >= 0.6 is 15.9 Å². The molecule has 1 heterocycles. The molecule has 0 atom stereocenters. The smallest absolute Gasteiger partial charge is 0.141 e. The van der Waals surface area contributed by atoms with E-state index in [1.165, 1.54) is 6.07 Å². The maximum Gasteiger partial charge on any atom is 0.141 e. The number of aromatic nitrogens is 1. The molecule has 92 valence electrons. The number of carbonyl (C=O) groups excluding carboxylic acids is 1. The lowest BCUT2D eigenvalue weighted by Gasteiger charge is -2.04. The summed E-state index contributed by atoms with van der Waals surface area (Å²) in [5.41, 5.74) is 1.31. The zero-order chi connectivity index (χ0) is 13.0. The average Bonchev–Trinajstić information content (AvgIpc) is 2.35. The lowest BCUT2D eigenvalue weighted by atomic mass is 10.0. The Labute approximate surface area is 113 Å². The fourth-order valence-corrected chi connectivity index (χ4v) is 2.09. The Kier molecular flexibility index (Phi) is 4.20. The van der Waals surface area contributed by atoms with Crippen molar-refractivity contribution < 1.29 is 9.18 Å². The highest BCUT2D eigenvalue weighted by Gasteiger charge is 2.09. The van der Waals surface area contributed by atoms with Gasteiger partial charge < -0.3 is 0 Å². The maximum absolute atomic E-state index is 13.5. The molecule has 1 aromatic heterocycles. The summed E-state index contributed by atoms with van der Waals surface area (Å²) in [5, 5.41) is 0. The first-order valence-electron chi connectivity index (χ1n) is 5.49. The van der Waals surface area contributed by atoms with Gasteiger partial charge in [0.15, 0.2) is 0 Å². The topological polar surface area (TPSA) is 30.0 Å². The number of hydrogen-bond acceptors (Lipinski definition) is 2. The van der Waals surface area contributed by atoms with Gasteiger partial charge in [0.05, 0.1) is 0 Å². The molecule has 0 radical (unpaired) electrons. The van der Waals surface area contributed by atoms with Crippen LogP contribution in [-0.4, -0.2) is 10.8 Å². The summed E-state index contributed by atoms with van der Waals surface area (Å²) < 4.78 is 14.3. The van der Waals surface area contributed by atoms with Gasteiger partial charge in [0.2, 0.25) is 0 Å². The number of Topliss-reactive ketones (excluding diaryl/α,β-unsaturated/α-hetero) is 1. The molecule has 2 aromatic rings. The predicted molar refractivity (Wildman–Crippen MR) is 70.8 cm³/mol. The SMILES string of the molecule is O=C(Cc1ccncc1)Cc1cc(Br)ccc1F. The fourth-order valence-electron chi connectivity index (χ4n) is 1.68. The van der Waals surface area contributed by atoms with Gasteiger partial charge >= 0.3 is 0 Å². The van der Waals surface area contributed by atoms with Crippen LogP contribution in [0, 0.1) is 5.82 Å². The first-order valence-corrected chi connectivity index (χ1v) is 6.29. The number of rotatable bonds is 4. The highest BCUT2D eigenvalue weighted by atomic mass is 79.9. The van der Waals surface area contributed by atoms with Crippen molar-refractivity contribution in [3.8, 4) is 0 Å². The van der Waals surface area contributed by atoms with Crippen LogP contribution in [0.25, 0.3) is 0 Å². The molecule has 2 nitrogen and oxygen atoms in total. The lowest BCUT2D eigenvalue weighted by Crippen LogP contribution is -2.08. The summed E-state index contributed by atoms with van der Waals surface area (Å²) in [6, 6.07) is 8.19. The van der Waals surface area contributed by atoms with Crippen LogP contribution in [0.1, 0.15) is 11.1 Å². The minimum absolute atomic E-state index is 0.0156. The second-order valence-corrected chi connectivity index (χ2v) is 4.90. The van der Waals surface area contributed by atoms with Gasteiger partial charge in [-0.25, -0.2) is 4.39 Å². The first-order chi connectivity index (χ1) is 8.65. The standard InChI is InChI=1S/C14H11BrFNO/c15-12-1-2-14(16)11(8-12)9-13(18)7-10-3-5-17-6-4-10/h1-6,8H,7,9H2. The van der Waals surface area contributed by atoms with E-state index in [1.807, 2.05) is 0 Å². The van der Waals surface area contributed by atoms with Gasteiger partial charge in [-0.15, -0.1) is 0 Å². The Bertz CT molecular complexity index is 557. The third kappa shape index (κ3) is 3.47. The molecule has 0 fully saturated rings. The lowest BCUT2D eigenvalue weighted by molar-refractivity contribution is -0.117. The van der Waals surface area contributed by atoms with Crippen molar-refractivity contribution in [3.63, 3.8) is 0 Å². The van der Waals surface area contributed by atoms with Crippen LogP contribution in [0.4, 0.5) is 4.39 Å². The second kappa shape index (κ2) is 5.87. The third-order valence-corrected chi connectivity index (χ3v) is 3.04. The van der Waals surface area contributed by atoms with Crippen molar-refractivity contribution in [1.82, 2.24) is 4.98 Å². The third-order valence-electron chi connectivity index (χ3n) is 2.55. The Morgan fingerprint density at radius 3 is 2.61 bits per heavy atom. The van der Waals surface area contributed by atoms with Gasteiger partial charge in [0.1, 0.15) is 11.6 Å². The molecule has 0 aliphatic heterocycles. The summed E-state index contributed by atoms with van der Waals surface area (Å²) in [4.78, 5) is 15.7. The molecule has 4 heteroatoms. The quantitative estimate of drug-likeness (QED) is 0.867. The van der Waals surface area contributed by atoms with Gasteiger partial charge in [0, 0.05) is 29.7 Å². The van der Waals surface area contributed by atoms with Gasteiger partial charge in [-0.05, 0) is 41.5 Å². The molecular weight excluding hydrogens is 297 g/mol. The molecule has 0 bridgehead atoms. The number of benzene rings is 1. The van der Waals surface area contributed by atoms with Crippen LogP contribution < -0.4 is 0 Å². The predicted octanol–water partition coefficient (Wildman–Crippen LogP) is 3.34. The van der Waals surface area contributed by atoms with E-state index in [1.54, 1.807) is 36.7 Å². The molecule has 0 saturated heterocycles. The van der Waals surface area contributed by atoms with E-state index < -0.39 is 0 Å². The number of hydrogen-bond donors (Lipinski definition) is 0. The second-order valence-electron chi connectivity index (χ2n) is 3.98. The Morgan fingerprint density at radius 2 is 1.89 bits per heavy atom. The summed E-state index contributed by atoms with van der Waals surface area (Å²) in [5.74, 6) is -0.362. The van der Waals surface area contributed by atoms with Gasteiger partial charge in [-0.1, -0.05) is 15.9 Å². The summed E-state index contributed by atoms with van der Waals surface area (Å²) in [6.07, 6.45) is 3.69. The number of carbonyl (C=O) groups is 1. The highest BCUT2D eigenvalue weighted by molar-refractivity contribution is 9.10. The van der Waals surface area contributed by atoms with E-state index >= 15 is 0 Å². The summed E-state index contributed by atoms with van der Waals surface area (Å²) >= 11 is 3.27. The molecular formula is C14H11BrFNO. The van der Waals surface area contributed by atoms with Gasteiger partial charge in [0.25, 0.3) is 0 Å². The Morgan fingerprint density at radius 1 is 1.17 bits per heavy atom. The number of ketones is 1. The average molecular weight is 308 g/mol. The fraction of sp³-hybridized carbons (Fsp3) is 0.143. The van der Waals surface area contributed by atoms with Crippen molar-refractivity contribution in [1.29, 1.82) is 0 Å². The van der Waals surface area contributed by atoms with E-state index in [4.69, 9.17) is 0 Å². The molecule has 0 aliphatic carbocycles. The van der Waals surface area contributed by atoms with E-state index in [0.29, 0.717) is 12.0 Å². The molecule has 18 heavy (non-hydrogen) atoms. The minimum atomic E-state index is -0.346. The Balaban J connectivity index is 2.05. The van der Waals surface area contributed by atoms with E-state index in [9.17, 15) is 9.18 Å². The molecule has 0 saturated carbocycles. The van der Waals surface area contributed by atoms with Crippen molar-refractivity contribution >= 4 is 21.7 Å². The van der Waals surface area contributed by atoms with Crippen LogP contribution in [0.3, 0.4) is 0 Å². The zero-order valence-corrected chi connectivity index (χ0v) is 11.2. The van der Waals surface area contributed by atoms with Crippen molar-refractivity contribution in [3.05, 3.63) is 64.1 Å². The van der Waals surface area contributed by atoms with Crippen LogP contribution in [0.5, 0.6) is 0 Å². The van der Waals surface area contributed by atoms with Crippen molar-refractivity contribution in [2.45, 2.75) is 12.8 Å². The van der Waals surface area contributed by atoms with E-state index in [2.05, 4.69) is 20.9 Å². The monoisotopic (exact) mass is 307 g/mol. The number of pyridine rings is 1. The molecule has 2 rings (SSSR count). The molecule has 0 aliphatic rings. The first kappa shape index (κ1) is 12.9. The van der Waals surface area contributed by atoms with Crippen LogP contribution in [0.15, 0.2) is 47.2 Å². The number of nitrogens with zero attached hydrogens (tertiary/aromatic N) is 1. The summed E-state index contributed by atoms with van der Waals surface area (Å²) in [7, 11) is 0. The van der Waals surface area contributed by atoms with Crippen LogP contribution in [-0.2, 0) is 17.6 Å². The highest BCUT2D eigenvalue weighted by Crippen LogP contribution is 2.16. The number of halogens is 2. The minimum Gasteiger partial charge on any atom is -0.299 e. The molecule has 0 unspecified atom stereocenters. The van der Waals surface area contributed by atoms with E-state index in [0.717, 1.165) is 10.0 Å². The normalized spacial score (nSPS) is 10.3. The molecule has 0 amide bonds. The summed E-state index contributed by atoms with van der Waals surface area (Å²) in [6.45, 7) is 0. The van der Waals surface area contributed by atoms with Gasteiger partial charge in [-0.3, -0.25) is 9.78 Å². The van der Waals surface area contributed by atoms with Crippen molar-refractivity contribution in [2.75, 3.05) is 0 Å². The maximum atomic E-state index is 13.5. The Hall–Kier alpha value is -1.55. The molecule has 1 aromatic carbocycles. The zero-order valence-electron chi connectivity index (χ0n) is 9.57. The van der Waals surface area contributed by atoms with E-state index in [-0.39, 0.29) is 18.0 Å². The van der Waals surface area contributed by atoms with Crippen LogP contribution in [0.2, 0.25) is 0 Å². The molecule has 0 N–H and O–H groups in total. The molecule has 0 spiro atoms.